The first kappa shape index (κ1) is 13.5. The maximum atomic E-state index is 10.8. The number of fused-ring (bicyclic) bond motifs is 1. The average Bonchev–Trinajstić information content (AvgIpc) is 3.09. The standard InChI is InChI=1S/C11H9ClN6O3/c12-5-1-2-9-13-4-7(10-14-16-17-15-10)18(9)6(5)3-8(19)11(20)21/h1-2,4,8,19H,3H2,(H,20,21)(H,14,15,16,17). The van der Waals surface area contributed by atoms with Gasteiger partial charge in [0.05, 0.1) is 11.2 Å². The zero-order valence-corrected chi connectivity index (χ0v) is 11.2. The van der Waals surface area contributed by atoms with Gasteiger partial charge in [-0.2, -0.15) is 5.21 Å². The number of aromatic nitrogens is 6. The number of tetrazole rings is 1. The summed E-state index contributed by atoms with van der Waals surface area (Å²) in [5.74, 6) is -1.04. The Morgan fingerprint density at radius 2 is 2.29 bits per heavy atom. The van der Waals surface area contributed by atoms with Crippen LogP contribution in [0.3, 0.4) is 0 Å². The molecule has 108 valence electrons. The highest BCUT2D eigenvalue weighted by Crippen LogP contribution is 2.25. The Bertz CT molecular complexity index is 800. The number of halogens is 1. The van der Waals surface area contributed by atoms with Crippen molar-refractivity contribution in [1.82, 2.24) is 30.0 Å². The summed E-state index contributed by atoms with van der Waals surface area (Å²) in [4.78, 5) is 15.0. The van der Waals surface area contributed by atoms with E-state index in [0.717, 1.165) is 0 Å². The molecular weight excluding hydrogens is 300 g/mol. The third-order valence-electron chi connectivity index (χ3n) is 2.96. The first-order valence-corrected chi connectivity index (χ1v) is 6.25. The minimum atomic E-state index is -1.58. The van der Waals surface area contributed by atoms with Crippen LogP contribution in [-0.2, 0) is 11.2 Å². The summed E-state index contributed by atoms with van der Waals surface area (Å²) < 4.78 is 1.60. The third-order valence-corrected chi connectivity index (χ3v) is 3.30. The van der Waals surface area contributed by atoms with Gasteiger partial charge in [0, 0.05) is 12.1 Å². The summed E-state index contributed by atoms with van der Waals surface area (Å²) in [5, 5.41) is 32.3. The number of aliphatic hydroxyl groups is 1. The number of rotatable bonds is 4. The molecule has 3 rings (SSSR count). The van der Waals surface area contributed by atoms with E-state index in [9.17, 15) is 9.90 Å². The summed E-state index contributed by atoms with van der Waals surface area (Å²) >= 11 is 6.13. The van der Waals surface area contributed by atoms with Crippen molar-refractivity contribution in [3.8, 4) is 11.5 Å². The number of hydrogen-bond donors (Lipinski definition) is 3. The third kappa shape index (κ3) is 2.32. The van der Waals surface area contributed by atoms with Crippen molar-refractivity contribution < 1.29 is 15.0 Å². The van der Waals surface area contributed by atoms with Crippen LogP contribution in [0.5, 0.6) is 0 Å². The number of hydrogen-bond acceptors (Lipinski definition) is 6. The molecule has 3 aromatic heterocycles. The van der Waals surface area contributed by atoms with Gasteiger partial charge in [0.1, 0.15) is 11.3 Å². The molecule has 3 heterocycles. The van der Waals surface area contributed by atoms with Gasteiger partial charge in [0.2, 0.25) is 5.82 Å². The lowest BCUT2D eigenvalue weighted by molar-refractivity contribution is -0.146. The van der Waals surface area contributed by atoms with Gasteiger partial charge in [-0.1, -0.05) is 11.6 Å². The van der Waals surface area contributed by atoms with Gasteiger partial charge in [-0.25, -0.2) is 9.78 Å². The van der Waals surface area contributed by atoms with Crippen molar-refractivity contribution in [2.75, 3.05) is 0 Å². The smallest absolute Gasteiger partial charge is 0.332 e. The van der Waals surface area contributed by atoms with Gasteiger partial charge < -0.3 is 10.2 Å². The van der Waals surface area contributed by atoms with Crippen molar-refractivity contribution in [3.05, 3.63) is 29.0 Å². The summed E-state index contributed by atoms with van der Waals surface area (Å²) in [6.45, 7) is 0. The Balaban J connectivity index is 2.19. The molecule has 0 aliphatic carbocycles. The first-order chi connectivity index (χ1) is 10.1. The minimum absolute atomic E-state index is 0.174. The highest BCUT2D eigenvalue weighted by atomic mass is 35.5. The van der Waals surface area contributed by atoms with Gasteiger partial charge in [0.15, 0.2) is 6.10 Å². The molecule has 21 heavy (non-hydrogen) atoms. The fraction of sp³-hybridized carbons (Fsp3) is 0.182. The number of carboxylic acids is 1. The van der Waals surface area contributed by atoms with E-state index in [1.54, 1.807) is 16.5 Å². The second kappa shape index (κ2) is 5.11. The lowest BCUT2D eigenvalue weighted by atomic mass is 10.1. The van der Waals surface area contributed by atoms with Crippen molar-refractivity contribution in [2.45, 2.75) is 12.5 Å². The predicted molar refractivity (Wildman–Crippen MR) is 70.7 cm³/mol. The van der Waals surface area contributed by atoms with Crippen LogP contribution in [0, 0.1) is 0 Å². The Labute approximate surface area is 122 Å². The Kier molecular flexibility index (Phi) is 3.28. The van der Waals surface area contributed by atoms with Crippen molar-refractivity contribution >= 4 is 23.2 Å². The number of aliphatic hydroxyl groups excluding tert-OH is 1. The van der Waals surface area contributed by atoms with E-state index in [4.69, 9.17) is 16.7 Å². The Hall–Kier alpha value is -2.52. The molecule has 0 saturated heterocycles. The topological polar surface area (TPSA) is 129 Å². The van der Waals surface area contributed by atoms with E-state index in [1.807, 2.05) is 0 Å². The number of carbonyl (C=O) groups is 1. The van der Waals surface area contributed by atoms with Crippen LogP contribution in [0.25, 0.3) is 17.2 Å². The molecule has 9 nitrogen and oxygen atoms in total. The first-order valence-electron chi connectivity index (χ1n) is 5.87. The molecule has 3 aromatic rings. The molecule has 0 aliphatic heterocycles. The zero-order chi connectivity index (χ0) is 15.0. The molecule has 10 heteroatoms. The summed E-state index contributed by atoms with van der Waals surface area (Å²) in [7, 11) is 0. The van der Waals surface area contributed by atoms with E-state index in [1.165, 1.54) is 6.20 Å². The number of pyridine rings is 1. The van der Waals surface area contributed by atoms with E-state index >= 15 is 0 Å². The molecule has 0 bridgehead atoms. The Morgan fingerprint density at radius 1 is 1.48 bits per heavy atom. The number of aromatic amines is 1. The zero-order valence-electron chi connectivity index (χ0n) is 10.4. The van der Waals surface area contributed by atoms with Crippen LogP contribution < -0.4 is 0 Å². The lowest BCUT2D eigenvalue weighted by Crippen LogP contribution is -2.23. The van der Waals surface area contributed by atoms with Crippen LogP contribution in [0.1, 0.15) is 5.69 Å². The van der Waals surface area contributed by atoms with Crippen LogP contribution >= 0.6 is 11.6 Å². The predicted octanol–water partition coefficient (Wildman–Crippen LogP) is 0.156. The molecule has 0 radical (unpaired) electrons. The fourth-order valence-electron chi connectivity index (χ4n) is 2.01. The van der Waals surface area contributed by atoms with Crippen LogP contribution in [0.15, 0.2) is 18.3 Å². The van der Waals surface area contributed by atoms with Crippen molar-refractivity contribution in [1.29, 1.82) is 0 Å². The number of nitrogens with zero attached hydrogens (tertiary/aromatic N) is 5. The molecule has 0 amide bonds. The minimum Gasteiger partial charge on any atom is -0.479 e. The summed E-state index contributed by atoms with van der Waals surface area (Å²) in [6, 6.07) is 3.26. The van der Waals surface area contributed by atoms with Gasteiger partial charge in [-0.15, -0.1) is 10.2 Å². The monoisotopic (exact) mass is 308 g/mol. The molecule has 1 atom stereocenters. The van der Waals surface area contributed by atoms with E-state index in [2.05, 4.69) is 25.6 Å². The molecule has 0 spiro atoms. The van der Waals surface area contributed by atoms with Crippen LogP contribution in [0.2, 0.25) is 5.02 Å². The molecule has 3 N–H and O–H groups in total. The van der Waals surface area contributed by atoms with E-state index in [0.29, 0.717) is 22.1 Å². The maximum absolute atomic E-state index is 10.8. The van der Waals surface area contributed by atoms with Crippen molar-refractivity contribution in [2.24, 2.45) is 0 Å². The largest absolute Gasteiger partial charge is 0.479 e. The van der Waals surface area contributed by atoms with Gasteiger partial charge in [0.25, 0.3) is 0 Å². The van der Waals surface area contributed by atoms with E-state index < -0.39 is 12.1 Å². The van der Waals surface area contributed by atoms with Crippen LogP contribution in [-0.4, -0.2) is 52.3 Å². The van der Waals surface area contributed by atoms with Gasteiger partial charge in [-0.3, -0.25) is 4.40 Å². The molecular formula is C11H9ClN6O3. The molecule has 0 aromatic carbocycles. The lowest BCUT2D eigenvalue weighted by Gasteiger charge is -2.11. The highest BCUT2D eigenvalue weighted by molar-refractivity contribution is 6.31. The molecule has 1 unspecified atom stereocenters. The summed E-state index contributed by atoms with van der Waals surface area (Å²) in [5.41, 5.74) is 1.43. The maximum Gasteiger partial charge on any atom is 0.332 e. The fourth-order valence-corrected chi connectivity index (χ4v) is 2.23. The van der Waals surface area contributed by atoms with E-state index in [-0.39, 0.29) is 12.2 Å². The molecule has 0 saturated carbocycles. The van der Waals surface area contributed by atoms with Gasteiger partial charge >= 0.3 is 5.97 Å². The van der Waals surface area contributed by atoms with Gasteiger partial charge in [-0.05, 0) is 17.3 Å². The second-order valence-corrected chi connectivity index (χ2v) is 4.67. The number of carboxylic acid groups (broad SMARTS) is 1. The average molecular weight is 309 g/mol. The number of H-pyrrole nitrogens is 1. The summed E-state index contributed by atoms with van der Waals surface area (Å²) in [6.07, 6.45) is -0.228. The SMILES string of the molecule is O=C(O)C(O)Cc1c(Cl)ccc2ncc(-c3nn[nH]n3)n12. The Morgan fingerprint density at radius 3 is 2.95 bits per heavy atom. The normalized spacial score (nSPS) is 12.7. The van der Waals surface area contributed by atoms with Crippen molar-refractivity contribution in [3.63, 3.8) is 0 Å². The quantitative estimate of drug-likeness (QED) is 0.625. The number of aliphatic carboxylic acids is 1. The number of nitrogens with one attached hydrogen (secondary N) is 1. The molecule has 0 fully saturated rings. The second-order valence-electron chi connectivity index (χ2n) is 4.26. The number of imidazole rings is 1. The van der Waals surface area contributed by atoms with Crippen LogP contribution in [0.4, 0.5) is 0 Å². The molecule has 0 aliphatic rings. The highest BCUT2D eigenvalue weighted by Gasteiger charge is 2.21.